The molecule has 2 N–H and O–H groups in total. The van der Waals surface area contributed by atoms with E-state index in [4.69, 9.17) is 19.9 Å². The van der Waals surface area contributed by atoms with Crippen molar-refractivity contribution in [1.82, 2.24) is 0 Å². The summed E-state index contributed by atoms with van der Waals surface area (Å²) in [5.41, 5.74) is 6.74. The molecule has 0 spiro atoms. The second-order valence-corrected chi connectivity index (χ2v) is 6.11. The second kappa shape index (κ2) is 9.11. The summed E-state index contributed by atoms with van der Waals surface area (Å²) in [6.07, 6.45) is 0.621. The van der Waals surface area contributed by atoms with E-state index in [-0.39, 0.29) is 11.9 Å². The summed E-state index contributed by atoms with van der Waals surface area (Å²) in [6.45, 7) is 4.69. The van der Waals surface area contributed by atoms with E-state index in [1.165, 1.54) is 12.1 Å². The summed E-state index contributed by atoms with van der Waals surface area (Å²) in [5.74, 6) is -0.708. The molecule has 0 aromatic heterocycles. The monoisotopic (exact) mass is 339 g/mol. The molecule has 1 fully saturated rings. The molecule has 0 bridgehead atoms. The van der Waals surface area contributed by atoms with E-state index in [1.54, 1.807) is 19.1 Å². The third-order valence-corrected chi connectivity index (χ3v) is 4.06. The van der Waals surface area contributed by atoms with Gasteiger partial charge < -0.3 is 19.9 Å². The van der Waals surface area contributed by atoms with Gasteiger partial charge in [0.15, 0.2) is 0 Å². The number of carbonyl (C=O) groups excluding carboxylic acids is 1. The van der Waals surface area contributed by atoms with Crippen molar-refractivity contribution >= 4 is 5.97 Å². The molecule has 1 aliphatic rings. The van der Waals surface area contributed by atoms with Gasteiger partial charge in [0.1, 0.15) is 24.1 Å². The molecule has 1 aromatic rings. The maximum Gasteiger partial charge on any atom is 0.323 e. The van der Waals surface area contributed by atoms with Gasteiger partial charge >= 0.3 is 5.97 Å². The van der Waals surface area contributed by atoms with Crippen LogP contribution in [0.3, 0.4) is 0 Å². The minimum atomic E-state index is -0.691. The predicted molar refractivity (Wildman–Crippen MR) is 88.0 cm³/mol. The smallest absolute Gasteiger partial charge is 0.323 e. The lowest BCUT2D eigenvalue weighted by molar-refractivity contribution is -0.163. The highest BCUT2D eigenvalue weighted by molar-refractivity contribution is 5.75. The fourth-order valence-electron chi connectivity index (χ4n) is 2.72. The van der Waals surface area contributed by atoms with Crippen molar-refractivity contribution in [2.24, 2.45) is 5.73 Å². The lowest BCUT2D eigenvalue weighted by Crippen LogP contribution is -2.44. The van der Waals surface area contributed by atoms with Crippen molar-refractivity contribution in [3.63, 3.8) is 0 Å². The molecule has 2 rings (SSSR count). The number of rotatable bonds is 5. The highest BCUT2D eigenvalue weighted by atomic mass is 19.1. The summed E-state index contributed by atoms with van der Waals surface area (Å²) in [7, 11) is 0. The Morgan fingerprint density at radius 3 is 2.71 bits per heavy atom. The molecule has 0 unspecified atom stereocenters. The zero-order valence-electron chi connectivity index (χ0n) is 14.2. The summed E-state index contributed by atoms with van der Waals surface area (Å²) >= 11 is 0. The first-order valence-electron chi connectivity index (χ1n) is 8.45. The molecule has 1 aromatic carbocycles. The van der Waals surface area contributed by atoms with Crippen LogP contribution < -0.4 is 5.73 Å². The van der Waals surface area contributed by atoms with Crippen molar-refractivity contribution in [3.8, 4) is 0 Å². The number of esters is 1. The van der Waals surface area contributed by atoms with Crippen LogP contribution >= 0.6 is 0 Å². The van der Waals surface area contributed by atoms with Gasteiger partial charge in [-0.2, -0.15) is 0 Å². The normalized spacial score (nSPS) is 28.6. The van der Waals surface area contributed by atoms with E-state index >= 15 is 0 Å². The molecule has 5 nitrogen and oxygen atoms in total. The molecular formula is C18H26FNO4. The minimum Gasteiger partial charge on any atom is -0.459 e. The van der Waals surface area contributed by atoms with Gasteiger partial charge in [0, 0.05) is 19.6 Å². The third kappa shape index (κ3) is 5.26. The Labute approximate surface area is 142 Å². The predicted octanol–water partition coefficient (Wildman–Crippen LogP) is 2.21. The second-order valence-electron chi connectivity index (χ2n) is 6.11. The number of cyclic esters (lactones) is 1. The third-order valence-electron chi connectivity index (χ3n) is 4.06. The summed E-state index contributed by atoms with van der Waals surface area (Å²) in [4.78, 5) is 12.0. The van der Waals surface area contributed by atoms with Crippen LogP contribution in [0.1, 0.15) is 32.3 Å². The fraction of sp³-hybridized carbons (Fsp3) is 0.611. The van der Waals surface area contributed by atoms with Crippen LogP contribution in [0.4, 0.5) is 4.39 Å². The zero-order valence-corrected chi connectivity index (χ0v) is 14.2. The summed E-state index contributed by atoms with van der Waals surface area (Å²) in [5, 5.41) is 0. The molecule has 1 aliphatic heterocycles. The highest BCUT2D eigenvalue weighted by Crippen LogP contribution is 2.20. The topological polar surface area (TPSA) is 70.8 Å². The highest BCUT2D eigenvalue weighted by Gasteiger charge is 2.34. The Balaban J connectivity index is 2.17. The molecule has 0 amide bonds. The number of hydrogen-bond donors (Lipinski definition) is 1. The van der Waals surface area contributed by atoms with Crippen LogP contribution in [0, 0.1) is 5.82 Å². The lowest BCUT2D eigenvalue weighted by atomic mass is 10.0. The maximum absolute atomic E-state index is 13.1. The average molecular weight is 339 g/mol. The minimum absolute atomic E-state index is 0.277. The molecule has 6 heteroatoms. The first-order valence-corrected chi connectivity index (χ1v) is 8.45. The number of carbonyl (C=O) groups is 1. The van der Waals surface area contributed by atoms with Crippen LogP contribution in [-0.4, -0.2) is 43.5 Å². The van der Waals surface area contributed by atoms with E-state index in [1.807, 2.05) is 6.92 Å². The van der Waals surface area contributed by atoms with E-state index in [2.05, 4.69) is 0 Å². The summed E-state index contributed by atoms with van der Waals surface area (Å²) in [6, 6.07) is 5.61. The van der Waals surface area contributed by atoms with Gasteiger partial charge in [0.25, 0.3) is 0 Å². The van der Waals surface area contributed by atoms with Gasteiger partial charge in [-0.3, -0.25) is 4.79 Å². The molecular weight excluding hydrogens is 313 g/mol. The Hall–Kier alpha value is -1.50. The molecule has 0 radical (unpaired) electrons. The van der Waals surface area contributed by atoms with Crippen molar-refractivity contribution < 1.29 is 23.4 Å². The SMILES string of the molecule is CCCO[C@H]1[C@H](C)OC(=O)[C@@H](N)CCO[C@@H]1Cc1ccc(F)cc1. The van der Waals surface area contributed by atoms with E-state index in [0.717, 1.165) is 12.0 Å². The van der Waals surface area contributed by atoms with Gasteiger partial charge in [-0.1, -0.05) is 19.1 Å². The van der Waals surface area contributed by atoms with E-state index < -0.39 is 24.2 Å². The van der Waals surface area contributed by atoms with Crippen LogP contribution in [0.25, 0.3) is 0 Å². The Bertz CT molecular complexity index is 522. The Morgan fingerprint density at radius 2 is 2.04 bits per heavy atom. The first-order chi connectivity index (χ1) is 11.5. The Morgan fingerprint density at radius 1 is 1.33 bits per heavy atom. The van der Waals surface area contributed by atoms with Crippen LogP contribution in [0.15, 0.2) is 24.3 Å². The van der Waals surface area contributed by atoms with Crippen LogP contribution in [0.5, 0.6) is 0 Å². The molecule has 1 saturated heterocycles. The molecule has 134 valence electrons. The first kappa shape index (κ1) is 18.8. The molecule has 1 heterocycles. The van der Waals surface area contributed by atoms with Gasteiger partial charge in [-0.15, -0.1) is 0 Å². The number of ether oxygens (including phenoxy) is 3. The van der Waals surface area contributed by atoms with Crippen LogP contribution in [0.2, 0.25) is 0 Å². The molecule has 0 saturated carbocycles. The number of nitrogens with two attached hydrogens (primary N) is 1. The number of benzene rings is 1. The van der Waals surface area contributed by atoms with Crippen molar-refractivity contribution in [3.05, 3.63) is 35.6 Å². The number of halogens is 1. The molecule has 4 atom stereocenters. The van der Waals surface area contributed by atoms with Gasteiger partial charge in [0.2, 0.25) is 0 Å². The number of hydrogen-bond acceptors (Lipinski definition) is 5. The maximum atomic E-state index is 13.1. The van der Waals surface area contributed by atoms with Crippen molar-refractivity contribution in [2.75, 3.05) is 13.2 Å². The average Bonchev–Trinajstić information content (AvgIpc) is 2.60. The quantitative estimate of drug-likeness (QED) is 0.833. The van der Waals surface area contributed by atoms with Gasteiger partial charge in [-0.05, 0) is 37.5 Å². The molecule has 24 heavy (non-hydrogen) atoms. The largest absolute Gasteiger partial charge is 0.459 e. The lowest BCUT2D eigenvalue weighted by Gasteiger charge is -2.30. The molecule has 0 aliphatic carbocycles. The van der Waals surface area contributed by atoms with Crippen molar-refractivity contribution in [1.29, 1.82) is 0 Å². The van der Waals surface area contributed by atoms with Crippen molar-refractivity contribution in [2.45, 2.75) is 57.5 Å². The van der Waals surface area contributed by atoms with Gasteiger partial charge in [-0.25, -0.2) is 4.39 Å². The fourth-order valence-corrected chi connectivity index (χ4v) is 2.72. The van der Waals surface area contributed by atoms with Crippen LogP contribution in [-0.2, 0) is 25.4 Å². The zero-order chi connectivity index (χ0) is 17.5. The van der Waals surface area contributed by atoms with Gasteiger partial charge in [0.05, 0.1) is 6.10 Å². The van der Waals surface area contributed by atoms with E-state index in [0.29, 0.717) is 26.1 Å². The Kier molecular flexibility index (Phi) is 7.15. The standard InChI is InChI=1S/C18H26FNO4/c1-3-9-23-17-12(2)24-18(21)15(20)8-10-22-16(17)11-13-4-6-14(19)7-5-13/h4-7,12,15-17H,3,8-11,20H2,1-2H3/t12-,15-,16+,17-/m0/s1. The summed E-state index contributed by atoms with van der Waals surface area (Å²) < 4.78 is 30.4. The van der Waals surface area contributed by atoms with E-state index in [9.17, 15) is 9.18 Å².